The van der Waals surface area contributed by atoms with Crippen LogP contribution in [0.1, 0.15) is 36.5 Å². The van der Waals surface area contributed by atoms with Crippen molar-refractivity contribution in [1.29, 1.82) is 0 Å². The molecular weight excluding hydrogens is 556 g/mol. The topological polar surface area (TPSA) is 172 Å². The number of hydrogen-bond acceptors (Lipinski definition) is 5. The molecule has 4 atom stereocenters. The molecule has 10 nitrogen and oxygen atoms in total. The summed E-state index contributed by atoms with van der Waals surface area (Å²) in [6.07, 6.45) is 2.71. The average molecular weight is 597 g/mol. The number of fused-ring (bicyclic) bond motifs is 1. The van der Waals surface area contributed by atoms with Crippen LogP contribution in [0.15, 0.2) is 91.1 Å². The van der Waals surface area contributed by atoms with Crippen LogP contribution < -0.4 is 27.4 Å². The summed E-state index contributed by atoms with van der Waals surface area (Å²) in [5.41, 5.74) is 15.2. The highest BCUT2D eigenvalue weighted by molar-refractivity contribution is 5.94. The SMILES string of the molecule is C[C@H](Cc1ccccc1)NC(=O)[C@@H](Cc1c[nH]c2ccccc12)NC(=O)[C@H](CCC(N)=O)NC(=O)[C@H](N)Cc1ccccc1. The predicted molar refractivity (Wildman–Crippen MR) is 170 cm³/mol. The summed E-state index contributed by atoms with van der Waals surface area (Å²) in [5, 5.41) is 9.47. The fraction of sp³-hybridized carbons (Fsp3) is 0.294. The molecule has 8 N–H and O–H groups in total. The van der Waals surface area contributed by atoms with Gasteiger partial charge in [0.05, 0.1) is 6.04 Å². The van der Waals surface area contributed by atoms with E-state index in [0.717, 1.165) is 27.6 Å². The Morgan fingerprint density at radius 2 is 1.27 bits per heavy atom. The third-order valence-electron chi connectivity index (χ3n) is 7.45. The van der Waals surface area contributed by atoms with Gasteiger partial charge in [-0.15, -0.1) is 0 Å². The zero-order valence-electron chi connectivity index (χ0n) is 24.8. The van der Waals surface area contributed by atoms with Gasteiger partial charge < -0.3 is 32.4 Å². The minimum absolute atomic E-state index is 0.0448. The second-order valence-corrected chi connectivity index (χ2v) is 11.1. The fourth-order valence-electron chi connectivity index (χ4n) is 5.16. The first kappa shape index (κ1) is 32.0. The molecule has 0 saturated heterocycles. The first-order valence-electron chi connectivity index (χ1n) is 14.8. The van der Waals surface area contributed by atoms with E-state index in [2.05, 4.69) is 20.9 Å². The molecule has 1 aromatic heterocycles. The van der Waals surface area contributed by atoms with Gasteiger partial charge in [-0.25, -0.2) is 0 Å². The van der Waals surface area contributed by atoms with Gasteiger partial charge in [0.15, 0.2) is 0 Å². The molecule has 10 heteroatoms. The summed E-state index contributed by atoms with van der Waals surface area (Å²) in [7, 11) is 0. The van der Waals surface area contributed by atoms with Crippen molar-refractivity contribution in [3.05, 3.63) is 108 Å². The molecule has 0 aliphatic heterocycles. The molecule has 0 aliphatic rings. The molecule has 230 valence electrons. The normalized spacial score (nSPS) is 13.8. The molecule has 4 aromatic rings. The van der Waals surface area contributed by atoms with Crippen molar-refractivity contribution in [2.75, 3.05) is 0 Å². The van der Waals surface area contributed by atoms with Crippen molar-refractivity contribution in [2.24, 2.45) is 11.5 Å². The number of amides is 4. The van der Waals surface area contributed by atoms with Crippen LogP contribution in [0, 0.1) is 0 Å². The van der Waals surface area contributed by atoms with E-state index in [1.807, 2.05) is 98.0 Å². The van der Waals surface area contributed by atoms with Crippen molar-refractivity contribution in [3.63, 3.8) is 0 Å². The summed E-state index contributed by atoms with van der Waals surface area (Å²) in [4.78, 5) is 55.1. The molecular formula is C34H40N6O4. The first-order chi connectivity index (χ1) is 21.2. The van der Waals surface area contributed by atoms with E-state index in [-0.39, 0.29) is 37.6 Å². The third kappa shape index (κ3) is 9.27. The van der Waals surface area contributed by atoms with Gasteiger partial charge in [-0.1, -0.05) is 78.9 Å². The van der Waals surface area contributed by atoms with Crippen LogP contribution in [-0.2, 0) is 38.4 Å². The number of H-pyrrole nitrogens is 1. The van der Waals surface area contributed by atoms with Crippen LogP contribution >= 0.6 is 0 Å². The maximum atomic E-state index is 13.6. The van der Waals surface area contributed by atoms with Crippen molar-refractivity contribution in [1.82, 2.24) is 20.9 Å². The second-order valence-electron chi connectivity index (χ2n) is 11.1. The van der Waals surface area contributed by atoms with E-state index in [9.17, 15) is 19.2 Å². The lowest BCUT2D eigenvalue weighted by Crippen LogP contribution is -2.57. The quantitative estimate of drug-likeness (QED) is 0.123. The predicted octanol–water partition coefficient (Wildman–Crippen LogP) is 2.26. The molecule has 0 aliphatic carbocycles. The van der Waals surface area contributed by atoms with Crippen molar-refractivity contribution in [2.45, 2.75) is 63.2 Å². The Kier molecular flexibility index (Phi) is 11.3. The summed E-state index contributed by atoms with van der Waals surface area (Å²) in [6, 6.07) is 23.5. The third-order valence-corrected chi connectivity index (χ3v) is 7.45. The van der Waals surface area contributed by atoms with E-state index >= 15 is 0 Å². The Bertz CT molecular complexity index is 1560. The number of benzene rings is 3. The number of nitrogens with two attached hydrogens (primary N) is 2. The first-order valence-corrected chi connectivity index (χ1v) is 14.8. The van der Waals surface area contributed by atoms with Crippen molar-refractivity contribution >= 4 is 34.5 Å². The van der Waals surface area contributed by atoms with Crippen LogP contribution in [0.2, 0.25) is 0 Å². The van der Waals surface area contributed by atoms with Gasteiger partial charge in [-0.3, -0.25) is 19.2 Å². The lowest BCUT2D eigenvalue weighted by atomic mass is 10.0. The van der Waals surface area contributed by atoms with E-state index < -0.39 is 35.8 Å². The van der Waals surface area contributed by atoms with Crippen LogP contribution in [0.25, 0.3) is 10.9 Å². The van der Waals surface area contributed by atoms with Crippen LogP contribution in [0.5, 0.6) is 0 Å². The van der Waals surface area contributed by atoms with Crippen LogP contribution in [0.3, 0.4) is 0 Å². The van der Waals surface area contributed by atoms with Crippen LogP contribution in [-0.4, -0.2) is 52.8 Å². The standard InChI is InChI=1S/C34H40N6O4/c1-22(18-23-10-4-2-5-11-23)38-34(44)30(20-25-21-37-28-15-9-8-14-26(25)28)40-33(43)29(16-17-31(36)41)39-32(42)27(35)19-24-12-6-3-7-13-24/h2-15,21-22,27,29-30,37H,16-20,35H2,1H3,(H2,36,41)(H,38,44)(H,39,42)(H,40,43)/t22-,27-,29+,30-/m1/s1. The van der Waals surface area contributed by atoms with Crippen LogP contribution in [0.4, 0.5) is 0 Å². The number of aromatic nitrogens is 1. The molecule has 44 heavy (non-hydrogen) atoms. The maximum Gasteiger partial charge on any atom is 0.243 e. The number of aromatic amines is 1. The Morgan fingerprint density at radius 3 is 1.93 bits per heavy atom. The molecule has 4 rings (SSSR count). The number of carbonyl (C=O) groups excluding carboxylic acids is 4. The Morgan fingerprint density at radius 1 is 0.705 bits per heavy atom. The molecule has 1 heterocycles. The lowest BCUT2D eigenvalue weighted by molar-refractivity contribution is -0.133. The molecule has 3 aromatic carbocycles. The van der Waals surface area contributed by atoms with Gasteiger partial charge in [0.25, 0.3) is 0 Å². The van der Waals surface area contributed by atoms with Gasteiger partial charge in [-0.05, 0) is 48.9 Å². The number of rotatable bonds is 15. The minimum atomic E-state index is -1.13. The second kappa shape index (κ2) is 15.5. The number of para-hydroxylation sites is 1. The molecule has 0 saturated carbocycles. The number of primary amides is 1. The van der Waals surface area contributed by atoms with E-state index in [4.69, 9.17) is 11.5 Å². The zero-order chi connectivity index (χ0) is 31.5. The highest BCUT2D eigenvalue weighted by Gasteiger charge is 2.29. The summed E-state index contributed by atoms with van der Waals surface area (Å²) < 4.78 is 0. The molecule has 0 fully saturated rings. The highest BCUT2D eigenvalue weighted by atomic mass is 16.2. The van der Waals surface area contributed by atoms with Crippen molar-refractivity contribution < 1.29 is 19.2 Å². The summed E-state index contributed by atoms with van der Waals surface area (Å²) >= 11 is 0. The summed E-state index contributed by atoms with van der Waals surface area (Å²) in [5.74, 6) is -2.14. The van der Waals surface area contributed by atoms with E-state index in [1.165, 1.54) is 0 Å². The molecule has 0 unspecified atom stereocenters. The van der Waals surface area contributed by atoms with Gasteiger partial charge >= 0.3 is 0 Å². The van der Waals surface area contributed by atoms with Gasteiger partial charge in [0, 0.05) is 36.0 Å². The maximum absolute atomic E-state index is 13.6. The number of nitrogens with one attached hydrogen (secondary N) is 4. The fourth-order valence-corrected chi connectivity index (χ4v) is 5.16. The van der Waals surface area contributed by atoms with Gasteiger partial charge in [-0.2, -0.15) is 0 Å². The average Bonchev–Trinajstić information content (AvgIpc) is 3.42. The smallest absolute Gasteiger partial charge is 0.243 e. The molecule has 0 spiro atoms. The number of carbonyl (C=O) groups is 4. The molecule has 4 amide bonds. The van der Waals surface area contributed by atoms with E-state index in [1.54, 1.807) is 0 Å². The lowest BCUT2D eigenvalue weighted by Gasteiger charge is -2.25. The summed E-state index contributed by atoms with van der Waals surface area (Å²) in [6.45, 7) is 1.90. The molecule has 0 bridgehead atoms. The Labute approximate surface area is 257 Å². The van der Waals surface area contributed by atoms with Gasteiger partial charge in [0.2, 0.25) is 23.6 Å². The minimum Gasteiger partial charge on any atom is -0.370 e. The van der Waals surface area contributed by atoms with Crippen molar-refractivity contribution in [3.8, 4) is 0 Å². The largest absolute Gasteiger partial charge is 0.370 e. The highest BCUT2D eigenvalue weighted by Crippen LogP contribution is 2.19. The zero-order valence-corrected chi connectivity index (χ0v) is 24.8. The number of hydrogen-bond donors (Lipinski definition) is 6. The Hall–Kier alpha value is -4.96. The monoisotopic (exact) mass is 596 g/mol. The van der Waals surface area contributed by atoms with E-state index in [0.29, 0.717) is 6.42 Å². The van der Waals surface area contributed by atoms with Gasteiger partial charge in [0.1, 0.15) is 12.1 Å². The Balaban J connectivity index is 1.51. The molecule has 0 radical (unpaired) electrons.